The Morgan fingerprint density at radius 2 is 1.10 bits per heavy atom. The van der Waals surface area contributed by atoms with Gasteiger partial charge in [0.15, 0.2) is 0 Å². The topological polar surface area (TPSA) is 19.6 Å². The summed E-state index contributed by atoms with van der Waals surface area (Å²) in [5.41, 5.74) is 24.3. The van der Waals surface area contributed by atoms with Gasteiger partial charge >= 0.3 is 0 Å². The Hall–Kier alpha value is -5.48. The van der Waals surface area contributed by atoms with Crippen molar-refractivity contribution in [2.45, 2.75) is 175 Å². The van der Waals surface area contributed by atoms with E-state index >= 15 is 0 Å². The van der Waals surface area contributed by atoms with Crippen molar-refractivity contribution in [1.82, 2.24) is 0 Å². The lowest BCUT2D eigenvalue weighted by molar-refractivity contribution is 0.332. The summed E-state index contributed by atoms with van der Waals surface area (Å²) in [4.78, 5) is 5.33. The summed E-state index contributed by atoms with van der Waals surface area (Å²) in [5, 5.41) is 1.18. The smallest absolute Gasteiger partial charge is 0.297 e. The molecule has 0 amide bonds. The fourth-order valence-electron chi connectivity index (χ4n) is 12.6. The van der Waals surface area contributed by atoms with Crippen LogP contribution in [-0.4, -0.2) is 6.71 Å². The molecule has 3 heterocycles. The van der Waals surface area contributed by atoms with E-state index < -0.39 is 0 Å². The third-order valence-electron chi connectivity index (χ3n) is 17.5. The second-order valence-electron chi connectivity index (χ2n) is 26.6. The van der Waals surface area contributed by atoms with Gasteiger partial charge in [-0.3, -0.25) is 0 Å². The summed E-state index contributed by atoms with van der Waals surface area (Å²) in [6.45, 7) is 38.3. The Morgan fingerprint density at radius 3 is 1.71 bits per heavy atom. The van der Waals surface area contributed by atoms with Gasteiger partial charge in [-0.25, -0.2) is 0 Å². The maximum atomic E-state index is 7.50. The predicted molar refractivity (Wildman–Crippen MR) is 298 cm³/mol. The molecule has 0 fully saturated rings. The maximum absolute atomic E-state index is 7.50. The molecule has 0 spiro atoms. The number of anilines is 6. The molecule has 69 heavy (non-hydrogen) atoms. The summed E-state index contributed by atoms with van der Waals surface area (Å²) in [6, 6.07) is 43.3. The molecular formula is C65H75BN2O. The fraction of sp³-hybridized carbons (Fsp3) is 0.415. The highest BCUT2D eigenvalue weighted by atomic mass is 16.3. The van der Waals surface area contributed by atoms with Crippen molar-refractivity contribution in [3.63, 3.8) is 0 Å². The van der Waals surface area contributed by atoms with Crippen LogP contribution >= 0.6 is 0 Å². The van der Waals surface area contributed by atoms with E-state index in [0.717, 1.165) is 30.5 Å². The number of nitrogens with zero attached hydrogens (tertiary/aromatic N) is 2. The van der Waals surface area contributed by atoms with Gasteiger partial charge in [0.05, 0.1) is 17.0 Å². The normalized spacial score (nSPS) is 18.4. The van der Waals surface area contributed by atoms with Gasteiger partial charge in [0.1, 0.15) is 5.58 Å². The van der Waals surface area contributed by atoms with Crippen LogP contribution in [0, 0.1) is 0 Å². The van der Waals surface area contributed by atoms with E-state index in [-0.39, 0.29) is 39.2 Å². The second-order valence-corrected chi connectivity index (χ2v) is 26.6. The van der Waals surface area contributed by atoms with Gasteiger partial charge in [-0.05, 0) is 174 Å². The molecule has 354 valence electrons. The van der Waals surface area contributed by atoms with Crippen LogP contribution in [0.3, 0.4) is 0 Å². The van der Waals surface area contributed by atoms with Crippen LogP contribution in [0.4, 0.5) is 34.1 Å². The standard InChI is InChI=1S/C65H75BN2O/c1-39(2)41-22-26-52-51(32-41)66-57-54(67(44-24-25-47-48(36-44)63(11,12)29-28-62(47,9)10)58-46-33-42(60(3,4)5)23-27-56(46)69-59(58)66)34-43(61(6,7)8)35-55(57)68(52)53-38-50-49(64(13,14)30-31-65(50,15)16)37-45(53)40-20-18-17-19-21-40/h17-27,32-39H,28-31H2,1-16H3. The van der Waals surface area contributed by atoms with Crippen molar-refractivity contribution in [2.24, 2.45) is 0 Å². The van der Waals surface area contributed by atoms with Gasteiger partial charge in [-0.15, -0.1) is 0 Å². The molecule has 7 aromatic rings. The zero-order valence-corrected chi connectivity index (χ0v) is 44.7. The van der Waals surface area contributed by atoms with Gasteiger partial charge in [0.2, 0.25) is 0 Å². The van der Waals surface area contributed by atoms with E-state index in [1.54, 1.807) is 0 Å². The average molecular weight is 911 g/mol. The molecule has 0 radical (unpaired) electrons. The summed E-state index contributed by atoms with van der Waals surface area (Å²) >= 11 is 0. The van der Waals surface area contributed by atoms with Crippen LogP contribution in [0.2, 0.25) is 0 Å². The number of hydrogen-bond donors (Lipinski definition) is 0. The Kier molecular flexibility index (Phi) is 10.0. The molecule has 0 saturated heterocycles. The molecule has 1 aromatic heterocycles. The SMILES string of the molecule is CC(C)c1ccc2c(c1)B1c3oc4ccc(C(C)(C)C)cc4c3N(c3ccc4c(c3)C(C)(C)CCC4(C)C)c3cc(C(C)(C)C)cc(c31)N2c1cc2c(cc1-c1ccccc1)C(C)(C)CCC2(C)C. The van der Waals surface area contributed by atoms with E-state index in [2.05, 4.69) is 230 Å². The van der Waals surface area contributed by atoms with Crippen molar-refractivity contribution in [3.05, 3.63) is 148 Å². The van der Waals surface area contributed by atoms with Gasteiger partial charge < -0.3 is 14.2 Å². The minimum atomic E-state index is -0.149. The van der Waals surface area contributed by atoms with Crippen LogP contribution in [-0.2, 0) is 32.5 Å². The number of furan rings is 1. The molecule has 6 aromatic carbocycles. The largest absolute Gasteiger partial charge is 0.468 e. The van der Waals surface area contributed by atoms with E-state index in [9.17, 15) is 0 Å². The zero-order chi connectivity index (χ0) is 49.1. The van der Waals surface area contributed by atoms with Crippen molar-refractivity contribution >= 4 is 68.4 Å². The molecule has 0 bridgehead atoms. The number of hydrogen-bond acceptors (Lipinski definition) is 3. The predicted octanol–water partition coefficient (Wildman–Crippen LogP) is 16.6. The van der Waals surface area contributed by atoms with Gasteiger partial charge in [-0.1, -0.05) is 165 Å². The highest BCUT2D eigenvalue weighted by molar-refractivity contribution is 7.00. The molecule has 4 aliphatic rings. The lowest BCUT2D eigenvalue weighted by atomic mass is 9.35. The second kappa shape index (κ2) is 15.0. The quantitative estimate of drug-likeness (QED) is 0.164. The van der Waals surface area contributed by atoms with Crippen LogP contribution in [0.25, 0.3) is 22.1 Å². The molecular weight excluding hydrogens is 836 g/mol. The van der Waals surface area contributed by atoms with Gasteiger partial charge in [0.25, 0.3) is 6.71 Å². The van der Waals surface area contributed by atoms with Crippen molar-refractivity contribution in [3.8, 4) is 11.1 Å². The van der Waals surface area contributed by atoms with Crippen LogP contribution in [0.1, 0.15) is 181 Å². The van der Waals surface area contributed by atoms with Crippen LogP contribution in [0.15, 0.2) is 114 Å². The Bertz CT molecular complexity index is 3240. The summed E-state index contributed by atoms with van der Waals surface area (Å²) in [6.07, 6.45) is 4.65. The third kappa shape index (κ3) is 7.11. The van der Waals surface area contributed by atoms with E-state index in [4.69, 9.17) is 4.42 Å². The lowest BCUT2D eigenvalue weighted by Gasteiger charge is -2.46. The van der Waals surface area contributed by atoms with E-state index in [0.29, 0.717) is 5.92 Å². The lowest BCUT2D eigenvalue weighted by Crippen LogP contribution is -2.61. The molecule has 0 unspecified atom stereocenters. The van der Waals surface area contributed by atoms with Crippen molar-refractivity contribution in [1.29, 1.82) is 0 Å². The van der Waals surface area contributed by atoms with Gasteiger partial charge in [0, 0.05) is 33.7 Å². The number of rotatable bonds is 4. The van der Waals surface area contributed by atoms with E-state index in [1.807, 2.05) is 0 Å². The fourth-order valence-corrected chi connectivity index (χ4v) is 12.6. The van der Waals surface area contributed by atoms with Crippen molar-refractivity contribution in [2.75, 3.05) is 9.80 Å². The Labute approximate surface area is 414 Å². The number of fused-ring (bicyclic) bond motifs is 8. The first-order valence-electron chi connectivity index (χ1n) is 26.2. The van der Waals surface area contributed by atoms with Crippen LogP contribution in [0.5, 0.6) is 0 Å². The minimum absolute atomic E-state index is 0.0187. The molecule has 0 atom stereocenters. The Morgan fingerprint density at radius 1 is 0.522 bits per heavy atom. The monoisotopic (exact) mass is 911 g/mol. The Balaban J connectivity index is 1.30. The van der Waals surface area contributed by atoms with Gasteiger partial charge in [-0.2, -0.15) is 0 Å². The number of benzene rings is 6. The molecule has 3 nitrogen and oxygen atoms in total. The minimum Gasteiger partial charge on any atom is -0.468 e. The molecule has 2 aliphatic carbocycles. The molecule has 11 rings (SSSR count). The zero-order valence-electron chi connectivity index (χ0n) is 44.7. The first-order valence-corrected chi connectivity index (χ1v) is 26.2. The summed E-state index contributed by atoms with van der Waals surface area (Å²) in [7, 11) is 0. The first-order chi connectivity index (χ1) is 32.3. The molecule has 0 saturated carbocycles. The molecule has 0 N–H and O–H groups in total. The van der Waals surface area contributed by atoms with Crippen LogP contribution < -0.4 is 26.4 Å². The summed E-state index contributed by atoms with van der Waals surface area (Å²) < 4.78 is 7.50. The average Bonchev–Trinajstić information content (AvgIpc) is 3.67. The third-order valence-corrected chi connectivity index (χ3v) is 17.5. The highest BCUT2D eigenvalue weighted by Gasteiger charge is 2.49. The summed E-state index contributed by atoms with van der Waals surface area (Å²) in [5.74, 6) is 0.354. The van der Waals surface area contributed by atoms with E-state index in [1.165, 1.54) is 107 Å². The maximum Gasteiger partial charge on any atom is 0.297 e. The molecule has 4 heteroatoms. The highest BCUT2D eigenvalue weighted by Crippen LogP contribution is 2.55. The first kappa shape index (κ1) is 45.9. The molecule has 2 aliphatic heterocycles. The van der Waals surface area contributed by atoms with Crippen molar-refractivity contribution < 1.29 is 4.42 Å².